The summed E-state index contributed by atoms with van der Waals surface area (Å²) >= 11 is 6.09. The molecule has 2 aromatic rings. The molecule has 2 N–H and O–H groups in total. The standard InChI is InChI=1S/C22H30ClN3O2S/c1-22(2,15-18-6-5-7-19(23)14-18)16-26-21(24-3)25-13-12-17-8-10-20(11-9-17)29(4,27)28/h5-11,14H,12-13,15-16H2,1-4H3,(H2,24,25,26). The van der Waals surface area contributed by atoms with Crippen molar-refractivity contribution in [2.24, 2.45) is 10.4 Å². The maximum atomic E-state index is 11.5. The first kappa shape index (κ1) is 23.2. The maximum absolute atomic E-state index is 11.5. The average Bonchev–Trinajstić information content (AvgIpc) is 2.64. The van der Waals surface area contributed by atoms with Crippen molar-refractivity contribution in [3.8, 4) is 0 Å². The molecule has 0 aromatic heterocycles. The molecule has 0 aliphatic heterocycles. The van der Waals surface area contributed by atoms with Crippen LogP contribution in [0.3, 0.4) is 0 Å². The molecule has 0 bridgehead atoms. The number of sulfone groups is 1. The van der Waals surface area contributed by atoms with E-state index in [1.807, 2.05) is 30.3 Å². The topological polar surface area (TPSA) is 70.6 Å². The Morgan fingerprint density at radius 3 is 2.34 bits per heavy atom. The van der Waals surface area contributed by atoms with Gasteiger partial charge in [0.1, 0.15) is 0 Å². The summed E-state index contributed by atoms with van der Waals surface area (Å²) in [5.41, 5.74) is 2.32. The lowest BCUT2D eigenvalue weighted by Crippen LogP contribution is -2.43. The van der Waals surface area contributed by atoms with E-state index in [2.05, 4.69) is 35.5 Å². The molecule has 29 heavy (non-hydrogen) atoms. The normalized spacial score (nSPS) is 12.7. The highest BCUT2D eigenvalue weighted by molar-refractivity contribution is 7.90. The van der Waals surface area contributed by atoms with Gasteiger partial charge in [-0.1, -0.05) is 49.7 Å². The molecular weight excluding hydrogens is 406 g/mol. The molecule has 7 heteroatoms. The minimum absolute atomic E-state index is 0.0315. The largest absolute Gasteiger partial charge is 0.356 e. The zero-order chi connectivity index (χ0) is 21.5. The van der Waals surface area contributed by atoms with Gasteiger partial charge in [-0.15, -0.1) is 0 Å². The molecule has 2 aromatic carbocycles. The van der Waals surface area contributed by atoms with Gasteiger partial charge in [0.2, 0.25) is 0 Å². The quantitative estimate of drug-likeness (QED) is 0.489. The van der Waals surface area contributed by atoms with Gasteiger partial charge < -0.3 is 10.6 Å². The fraction of sp³-hybridized carbons (Fsp3) is 0.409. The molecule has 0 unspecified atom stereocenters. The maximum Gasteiger partial charge on any atom is 0.191 e. The van der Waals surface area contributed by atoms with Crippen LogP contribution in [0.4, 0.5) is 0 Å². The number of nitrogens with one attached hydrogen (secondary N) is 2. The number of rotatable bonds is 8. The Morgan fingerprint density at radius 2 is 1.76 bits per heavy atom. The summed E-state index contributed by atoms with van der Waals surface area (Å²) in [5.74, 6) is 0.747. The van der Waals surface area contributed by atoms with Gasteiger partial charge in [0.05, 0.1) is 4.90 Å². The number of guanidine groups is 1. The highest BCUT2D eigenvalue weighted by atomic mass is 35.5. The molecule has 0 saturated carbocycles. The van der Waals surface area contributed by atoms with Crippen molar-refractivity contribution in [2.75, 3.05) is 26.4 Å². The molecular formula is C22H30ClN3O2S. The molecule has 0 fully saturated rings. The summed E-state index contributed by atoms with van der Waals surface area (Å²) in [6.07, 6.45) is 2.90. The van der Waals surface area contributed by atoms with E-state index < -0.39 is 9.84 Å². The van der Waals surface area contributed by atoms with Crippen molar-refractivity contribution in [3.63, 3.8) is 0 Å². The van der Waals surface area contributed by atoms with Crippen LogP contribution >= 0.6 is 11.6 Å². The average molecular weight is 436 g/mol. The number of hydrogen-bond acceptors (Lipinski definition) is 3. The smallest absolute Gasteiger partial charge is 0.191 e. The van der Waals surface area contributed by atoms with Crippen LogP contribution < -0.4 is 10.6 Å². The van der Waals surface area contributed by atoms with Crippen LogP contribution in [0.25, 0.3) is 0 Å². The van der Waals surface area contributed by atoms with Crippen molar-refractivity contribution in [2.45, 2.75) is 31.6 Å². The molecule has 0 atom stereocenters. The first-order valence-corrected chi connectivity index (χ1v) is 11.8. The van der Waals surface area contributed by atoms with Crippen molar-refractivity contribution in [3.05, 3.63) is 64.7 Å². The zero-order valence-electron chi connectivity index (χ0n) is 17.5. The van der Waals surface area contributed by atoms with Gasteiger partial charge >= 0.3 is 0 Å². The van der Waals surface area contributed by atoms with Crippen LogP contribution in [-0.4, -0.2) is 40.8 Å². The van der Waals surface area contributed by atoms with Crippen LogP contribution in [0.2, 0.25) is 5.02 Å². The minimum atomic E-state index is -3.16. The Kier molecular flexibility index (Phi) is 8.11. The third-order valence-corrected chi connectivity index (χ3v) is 5.95. The van der Waals surface area contributed by atoms with E-state index in [0.717, 1.165) is 35.9 Å². The molecule has 158 valence electrons. The van der Waals surface area contributed by atoms with Gasteiger partial charge in [-0.05, 0) is 53.6 Å². The van der Waals surface area contributed by atoms with E-state index in [9.17, 15) is 8.42 Å². The van der Waals surface area contributed by atoms with Crippen LogP contribution in [-0.2, 0) is 22.7 Å². The third kappa shape index (κ3) is 8.07. The fourth-order valence-electron chi connectivity index (χ4n) is 3.03. The molecule has 0 aliphatic rings. The number of benzene rings is 2. The van der Waals surface area contributed by atoms with E-state index in [0.29, 0.717) is 11.4 Å². The summed E-state index contributed by atoms with van der Waals surface area (Å²) < 4.78 is 23.1. The van der Waals surface area contributed by atoms with E-state index in [-0.39, 0.29) is 5.41 Å². The number of hydrogen-bond donors (Lipinski definition) is 2. The van der Waals surface area contributed by atoms with Gasteiger partial charge in [-0.3, -0.25) is 4.99 Å². The molecule has 0 radical (unpaired) electrons. The van der Waals surface area contributed by atoms with E-state index in [1.165, 1.54) is 11.8 Å². The van der Waals surface area contributed by atoms with Crippen LogP contribution in [0.5, 0.6) is 0 Å². The summed E-state index contributed by atoms with van der Waals surface area (Å²) in [6.45, 7) is 5.88. The molecule has 2 rings (SSSR count). The van der Waals surface area contributed by atoms with Crippen molar-refractivity contribution in [1.29, 1.82) is 0 Å². The van der Waals surface area contributed by atoms with Crippen molar-refractivity contribution < 1.29 is 8.42 Å². The summed E-state index contributed by atoms with van der Waals surface area (Å²) in [4.78, 5) is 4.63. The van der Waals surface area contributed by atoms with E-state index in [1.54, 1.807) is 19.2 Å². The number of halogens is 1. The van der Waals surface area contributed by atoms with E-state index in [4.69, 9.17) is 11.6 Å². The molecule has 0 saturated heterocycles. The van der Waals surface area contributed by atoms with Gasteiger partial charge in [0, 0.05) is 31.4 Å². The Labute approximate surface area is 179 Å². The van der Waals surface area contributed by atoms with Crippen LogP contribution in [0.1, 0.15) is 25.0 Å². The third-order valence-electron chi connectivity index (χ3n) is 4.59. The lowest BCUT2D eigenvalue weighted by atomic mass is 9.86. The Morgan fingerprint density at radius 1 is 1.07 bits per heavy atom. The summed E-state index contributed by atoms with van der Waals surface area (Å²) in [6, 6.07) is 15.0. The molecule has 0 aliphatic carbocycles. The summed E-state index contributed by atoms with van der Waals surface area (Å²) in [7, 11) is -1.41. The van der Waals surface area contributed by atoms with Crippen LogP contribution in [0, 0.1) is 5.41 Å². The molecule has 0 heterocycles. The lowest BCUT2D eigenvalue weighted by Gasteiger charge is -2.26. The molecule has 0 spiro atoms. The Bertz CT molecular complexity index is 939. The minimum Gasteiger partial charge on any atom is -0.356 e. The number of nitrogens with zero attached hydrogens (tertiary/aromatic N) is 1. The highest BCUT2D eigenvalue weighted by Crippen LogP contribution is 2.22. The second-order valence-electron chi connectivity index (χ2n) is 7.99. The first-order valence-electron chi connectivity index (χ1n) is 9.57. The van der Waals surface area contributed by atoms with Crippen LogP contribution in [0.15, 0.2) is 58.4 Å². The van der Waals surface area contributed by atoms with Gasteiger partial charge in [-0.2, -0.15) is 0 Å². The second kappa shape index (κ2) is 10.1. The predicted molar refractivity (Wildman–Crippen MR) is 122 cm³/mol. The number of aliphatic imine (C=N–C) groups is 1. The first-order chi connectivity index (χ1) is 13.6. The second-order valence-corrected chi connectivity index (χ2v) is 10.4. The monoisotopic (exact) mass is 435 g/mol. The lowest BCUT2D eigenvalue weighted by molar-refractivity contribution is 0.359. The molecule has 5 nitrogen and oxygen atoms in total. The van der Waals surface area contributed by atoms with Crippen molar-refractivity contribution >= 4 is 27.4 Å². The van der Waals surface area contributed by atoms with Gasteiger partial charge in [0.15, 0.2) is 15.8 Å². The SMILES string of the molecule is CN=C(NCCc1ccc(S(C)(=O)=O)cc1)NCC(C)(C)Cc1cccc(Cl)c1. The highest BCUT2D eigenvalue weighted by Gasteiger charge is 2.19. The fourth-order valence-corrected chi connectivity index (χ4v) is 3.88. The Balaban J connectivity index is 1.81. The van der Waals surface area contributed by atoms with E-state index >= 15 is 0 Å². The predicted octanol–water partition coefficient (Wildman–Crippen LogP) is 3.72. The van der Waals surface area contributed by atoms with Gasteiger partial charge in [-0.25, -0.2) is 8.42 Å². The van der Waals surface area contributed by atoms with Crippen molar-refractivity contribution in [1.82, 2.24) is 10.6 Å². The van der Waals surface area contributed by atoms with Gasteiger partial charge in [0.25, 0.3) is 0 Å². The molecule has 0 amide bonds. The Hall–Kier alpha value is -2.05. The zero-order valence-corrected chi connectivity index (χ0v) is 19.1. The summed E-state index contributed by atoms with van der Waals surface area (Å²) in [5, 5.41) is 7.45.